The highest BCUT2D eigenvalue weighted by atomic mass is 35.5. The fraction of sp³-hybridized carbons (Fsp3) is 0.462. The predicted octanol–water partition coefficient (Wildman–Crippen LogP) is 2.82. The number of rotatable bonds is 5. The van der Waals surface area contributed by atoms with Crippen LogP contribution in [-0.4, -0.2) is 23.9 Å². The van der Waals surface area contributed by atoms with Gasteiger partial charge >= 0.3 is 0 Å². The molecule has 20 heavy (non-hydrogen) atoms. The SMILES string of the molecule is CCC1CC1NC(=O)c1cc(Cl)c(NC)c([N+](=O)[O-])c1. The predicted molar refractivity (Wildman–Crippen MR) is 77.3 cm³/mol. The summed E-state index contributed by atoms with van der Waals surface area (Å²) in [5, 5.41) is 16.7. The molecule has 1 aromatic rings. The quantitative estimate of drug-likeness (QED) is 0.646. The molecule has 6 nitrogen and oxygen atoms in total. The van der Waals surface area contributed by atoms with E-state index in [9.17, 15) is 14.9 Å². The first-order chi connectivity index (χ1) is 9.47. The molecule has 1 saturated carbocycles. The van der Waals surface area contributed by atoms with Crippen LogP contribution >= 0.6 is 11.6 Å². The minimum Gasteiger partial charge on any atom is -0.381 e. The zero-order chi connectivity index (χ0) is 14.9. The second kappa shape index (κ2) is 5.66. The molecule has 0 bridgehead atoms. The van der Waals surface area contributed by atoms with E-state index in [1.165, 1.54) is 12.1 Å². The molecule has 2 unspecified atom stereocenters. The number of benzene rings is 1. The van der Waals surface area contributed by atoms with Gasteiger partial charge in [-0.1, -0.05) is 24.9 Å². The summed E-state index contributed by atoms with van der Waals surface area (Å²) < 4.78 is 0. The lowest BCUT2D eigenvalue weighted by Gasteiger charge is -2.08. The molecule has 0 heterocycles. The Labute approximate surface area is 121 Å². The van der Waals surface area contributed by atoms with Crippen LogP contribution in [-0.2, 0) is 0 Å². The second-order valence-corrected chi connectivity index (χ2v) is 5.25. The molecule has 1 aromatic carbocycles. The van der Waals surface area contributed by atoms with Gasteiger partial charge < -0.3 is 10.6 Å². The van der Waals surface area contributed by atoms with Crippen molar-refractivity contribution in [3.8, 4) is 0 Å². The molecule has 1 aliphatic carbocycles. The van der Waals surface area contributed by atoms with E-state index in [1.54, 1.807) is 7.05 Å². The summed E-state index contributed by atoms with van der Waals surface area (Å²) in [5.74, 6) is 0.194. The van der Waals surface area contributed by atoms with E-state index in [-0.39, 0.29) is 33.9 Å². The maximum Gasteiger partial charge on any atom is 0.294 e. The molecule has 1 fully saturated rings. The molecule has 1 aliphatic rings. The van der Waals surface area contributed by atoms with E-state index in [0.29, 0.717) is 5.92 Å². The molecular weight excluding hydrogens is 282 g/mol. The number of carbonyl (C=O) groups is 1. The molecular formula is C13H16ClN3O3. The number of hydrogen-bond donors (Lipinski definition) is 2. The number of halogens is 1. The molecule has 1 amide bonds. The first-order valence-corrected chi connectivity index (χ1v) is 6.82. The van der Waals surface area contributed by atoms with Gasteiger partial charge in [0.2, 0.25) is 0 Å². The van der Waals surface area contributed by atoms with Gasteiger partial charge in [0.05, 0.1) is 9.95 Å². The molecule has 0 saturated heterocycles. The highest BCUT2D eigenvalue weighted by molar-refractivity contribution is 6.34. The Morgan fingerprint density at radius 1 is 1.55 bits per heavy atom. The normalized spacial score (nSPS) is 20.4. The number of carbonyl (C=O) groups excluding carboxylic acids is 1. The number of nitrogens with zero attached hydrogens (tertiary/aromatic N) is 1. The number of nitro benzene ring substituents is 1. The van der Waals surface area contributed by atoms with Crippen LogP contribution in [0.5, 0.6) is 0 Å². The van der Waals surface area contributed by atoms with Crippen LogP contribution in [0.15, 0.2) is 12.1 Å². The summed E-state index contributed by atoms with van der Waals surface area (Å²) in [4.78, 5) is 22.5. The molecule has 2 N–H and O–H groups in total. The molecule has 2 rings (SSSR count). The molecule has 2 atom stereocenters. The molecule has 0 aliphatic heterocycles. The van der Waals surface area contributed by atoms with Gasteiger partial charge in [-0.15, -0.1) is 0 Å². The fourth-order valence-corrected chi connectivity index (χ4v) is 2.55. The van der Waals surface area contributed by atoms with Gasteiger partial charge in [0, 0.05) is 24.7 Å². The average Bonchev–Trinajstić information content (AvgIpc) is 3.15. The number of anilines is 1. The largest absolute Gasteiger partial charge is 0.381 e. The number of nitro groups is 1. The van der Waals surface area contributed by atoms with Crippen molar-refractivity contribution in [3.63, 3.8) is 0 Å². The number of hydrogen-bond acceptors (Lipinski definition) is 4. The lowest BCUT2D eigenvalue weighted by molar-refractivity contribution is -0.383. The van der Waals surface area contributed by atoms with E-state index in [2.05, 4.69) is 17.6 Å². The summed E-state index contributed by atoms with van der Waals surface area (Å²) in [6.45, 7) is 2.07. The Balaban J connectivity index is 2.24. The summed E-state index contributed by atoms with van der Waals surface area (Å²) >= 11 is 5.98. The Hall–Kier alpha value is -1.82. The monoisotopic (exact) mass is 297 g/mol. The van der Waals surface area contributed by atoms with Gasteiger partial charge in [-0.05, 0) is 18.4 Å². The zero-order valence-corrected chi connectivity index (χ0v) is 12.0. The van der Waals surface area contributed by atoms with Gasteiger partial charge in [0.25, 0.3) is 11.6 Å². The Morgan fingerprint density at radius 2 is 2.25 bits per heavy atom. The topological polar surface area (TPSA) is 84.3 Å². The van der Waals surface area contributed by atoms with Gasteiger partial charge in [0.1, 0.15) is 5.69 Å². The van der Waals surface area contributed by atoms with Crippen molar-refractivity contribution >= 4 is 28.9 Å². The summed E-state index contributed by atoms with van der Waals surface area (Å²) in [7, 11) is 1.55. The second-order valence-electron chi connectivity index (χ2n) is 4.84. The summed E-state index contributed by atoms with van der Waals surface area (Å²) in [6, 6.07) is 2.87. The first kappa shape index (κ1) is 14.6. The van der Waals surface area contributed by atoms with Crippen LogP contribution in [0, 0.1) is 16.0 Å². The maximum atomic E-state index is 12.1. The van der Waals surface area contributed by atoms with Crippen LogP contribution in [0.4, 0.5) is 11.4 Å². The smallest absolute Gasteiger partial charge is 0.294 e. The first-order valence-electron chi connectivity index (χ1n) is 6.44. The minimum atomic E-state index is -0.555. The Kier molecular flexibility index (Phi) is 4.13. The van der Waals surface area contributed by atoms with E-state index in [0.717, 1.165) is 12.8 Å². The third-order valence-corrected chi connectivity index (χ3v) is 3.84. The average molecular weight is 298 g/mol. The number of nitrogens with one attached hydrogen (secondary N) is 2. The van der Waals surface area contributed by atoms with E-state index in [1.807, 2.05) is 0 Å². The Morgan fingerprint density at radius 3 is 2.75 bits per heavy atom. The molecule has 0 spiro atoms. The highest BCUT2D eigenvalue weighted by Gasteiger charge is 2.36. The van der Waals surface area contributed by atoms with Crippen LogP contribution in [0.1, 0.15) is 30.1 Å². The van der Waals surface area contributed by atoms with Gasteiger partial charge in [-0.2, -0.15) is 0 Å². The van der Waals surface area contributed by atoms with Crippen molar-refractivity contribution < 1.29 is 9.72 Å². The van der Waals surface area contributed by atoms with E-state index in [4.69, 9.17) is 11.6 Å². The zero-order valence-electron chi connectivity index (χ0n) is 11.3. The standard InChI is InChI=1S/C13H16ClN3O3/c1-3-7-5-10(7)16-13(18)8-4-9(14)12(15-2)11(6-8)17(19)20/h4,6-7,10,15H,3,5H2,1-2H3,(H,16,18). The highest BCUT2D eigenvalue weighted by Crippen LogP contribution is 2.35. The third kappa shape index (κ3) is 2.85. The van der Waals surface area contributed by atoms with E-state index >= 15 is 0 Å². The fourth-order valence-electron chi connectivity index (χ4n) is 2.24. The molecule has 108 valence electrons. The summed E-state index contributed by atoms with van der Waals surface area (Å²) in [5.41, 5.74) is 0.224. The maximum absolute atomic E-state index is 12.1. The van der Waals surface area contributed by atoms with Crippen LogP contribution in [0.2, 0.25) is 5.02 Å². The van der Waals surface area contributed by atoms with Crippen molar-refractivity contribution in [1.82, 2.24) is 5.32 Å². The Bertz CT molecular complexity index is 562. The van der Waals surface area contributed by atoms with Gasteiger partial charge in [0.15, 0.2) is 0 Å². The van der Waals surface area contributed by atoms with Crippen LogP contribution < -0.4 is 10.6 Å². The number of amides is 1. The van der Waals surface area contributed by atoms with Crippen molar-refractivity contribution in [2.45, 2.75) is 25.8 Å². The van der Waals surface area contributed by atoms with Crippen molar-refractivity contribution in [2.75, 3.05) is 12.4 Å². The van der Waals surface area contributed by atoms with Crippen molar-refractivity contribution in [2.24, 2.45) is 5.92 Å². The molecule has 0 aromatic heterocycles. The van der Waals surface area contributed by atoms with Gasteiger partial charge in [-0.3, -0.25) is 14.9 Å². The third-order valence-electron chi connectivity index (χ3n) is 3.54. The molecule has 0 radical (unpaired) electrons. The lowest BCUT2D eigenvalue weighted by Crippen LogP contribution is -2.26. The van der Waals surface area contributed by atoms with Crippen LogP contribution in [0.25, 0.3) is 0 Å². The van der Waals surface area contributed by atoms with Gasteiger partial charge in [-0.25, -0.2) is 0 Å². The van der Waals surface area contributed by atoms with Crippen molar-refractivity contribution in [3.05, 3.63) is 32.8 Å². The molecule has 7 heteroatoms. The van der Waals surface area contributed by atoms with E-state index < -0.39 is 4.92 Å². The minimum absolute atomic E-state index is 0.162. The lowest BCUT2D eigenvalue weighted by atomic mass is 10.1. The van der Waals surface area contributed by atoms with Crippen LogP contribution in [0.3, 0.4) is 0 Å². The summed E-state index contributed by atoms with van der Waals surface area (Å²) in [6.07, 6.45) is 1.98. The van der Waals surface area contributed by atoms with Crippen molar-refractivity contribution in [1.29, 1.82) is 0 Å².